The molecule has 0 radical (unpaired) electrons. The van der Waals surface area contributed by atoms with Gasteiger partial charge in [-0.2, -0.15) is 5.26 Å². The van der Waals surface area contributed by atoms with Crippen LogP contribution in [-0.4, -0.2) is 36.1 Å². The molecule has 2 atom stereocenters. The quantitative estimate of drug-likeness (QED) is 0.777. The van der Waals surface area contributed by atoms with Gasteiger partial charge >= 0.3 is 0 Å². The molecule has 0 heterocycles. The summed E-state index contributed by atoms with van der Waals surface area (Å²) >= 11 is 0. The zero-order valence-electron chi connectivity index (χ0n) is 14.0. The van der Waals surface area contributed by atoms with Crippen molar-refractivity contribution in [2.45, 2.75) is 83.2 Å². The minimum atomic E-state index is -0.235. The van der Waals surface area contributed by atoms with E-state index >= 15 is 0 Å². The number of rotatable bonds is 7. The fraction of sp³-hybridized carbons (Fsp3) is 0.944. The average molecular weight is 291 g/mol. The molecular weight excluding hydrogens is 258 g/mol. The minimum Gasteiger partial charge on any atom is -0.301 e. The normalized spacial score (nSPS) is 30.7. The van der Waals surface area contributed by atoms with Gasteiger partial charge in [0.15, 0.2) is 0 Å². The van der Waals surface area contributed by atoms with Crippen LogP contribution in [0, 0.1) is 17.2 Å². The average Bonchev–Trinajstić information content (AvgIpc) is 2.93. The van der Waals surface area contributed by atoms with Crippen molar-refractivity contribution in [3.8, 4) is 6.07 Å². The highest BCUT2D eigenvalue weighted by molar-refractivity contribution is 5.14. The predicted octanol–water partition coefficient (Wildman–Crippen LogP) is 3.70. The van der Waals surface area contributed by atoms with Gasteiger partial charge in [-0.25, -0.2) is 0 Å². The molecule has 2 aliphatic rings. The Balaban J connectivity index is 1.89. The van der Waals surface area contributed by atoms with Gasteiger partial charge in [-0.1, -0.05) is 39.5 Å². The van der Waals surface area contributed by atoms with E-state index in [2.05, 4.69) is 30.1 Å². The van der Waals surface area contributed by atoms with Crippen LogP contribution >= 0.6 is 0 Å². The lowest BCUT2D eigenvalue weighted by atomic mass is 9.85. The second-order valence-electron chi connectivity index (χ2n) is 6.91. The van der Waals surface area contributed by atoms with E-state index in [1.165, 1.54) is 57.9 Å². The number of nitrogens with zero attached hydrogens (tertiary/aromatic N) is 2. The molecule has 0 saturated heterocycles. The molecule has 2 aliphatic carbocycles. The first-order valence-corrected chi connectivity index (χ1v) is 9.16. The Kier molecular flexibility index (Phi) is 6.51. The Hall–Kier alpha value is -0.590. The standard InChI is InChI=1S/C18H33N3/c1-3-20-18(15-19)13-8-9-16(18)12-14-21(4-2)17-10-6-5-7-11-17/h16-17,20H,3-14H2,1-2H3. The maximum Gasteiger partial charge on any atom is 0.109 e. The van der Waals surface area contributed by atoms with Crippen LogP contribution in [0.1, 0.15) is 71.6 Å². The van der Waals surface area contributed by atoms with Gasteiger partial charge in [0, 0.05) is 6.04 Å². The number of nitrogens with one attached hydrogen (secondary N) is 1. The van der Waals surface area contributed by atoms with Crippen LogP contribution in [0.2, 0.25) is 0 Å². The molecule has 1 N–H and O–H groups in total. The lowest BCUT2D eigenvalue weighted by Crippen LogP contribution is -2.48. The number of hydrogen-bond donors (Lipinski definition) is 1. The van der Waals surface area contributed by atoms with Gasteiger partial charge < -0.3 is 4.90 Å². The van der Waals surface area contributed by atoms with Crippen molar-refractivity contribution in [1.29, 1.82) is 5.26 Å². The van der Waals surface area contributed by atoms with Crippen LogP contribution in [0.25, 0.3) is 0 Å². The summed E-state index contributed by atoms with van der Waals surface area (Å²) in [6, 6.07) is 3.43. The molecule has 0 aliphatic heterocycles. The van der Waals surface area contributed by atoms with Gasteiger partial charge in [0.05, 0.1) is 6.07 Å². The second kappa shape index (κ2) is 8.15. The SMILES string of the molecule is CCNC1(C#N)CCCC1CCN(CC)C1CCCCC1. The zero-order chi connectivity index (χ0) is 15.1. The summed E-state index contributed by atoms with van der Waals surface area (Å²) < 4.78 is 0. The van der Waals surface area contributed by atoms with E-state index in [1.807, 2.05) is 0 Å². The molecule has 0 bridgehead atoms. The summed E-state index contributed by atoms with van der Waals surface area (Å²) in [5.41, 5.74) is -0.235. The lowest BCUT2D eigenvalue weighted by Gasteiger charge is -2.36. The molecule has 0 aromatic heterocycles. The lowest BCUT2D eigenvalue weighted by molar-refractivity contribution is 0.146. The molecule has 3 heteroatoms. The van der Waals surface area contributed by atoms with Crippen LogP contribution < -0.4 is 5.32 Å². The van der Waals surface area contributed by atoms with Gasteiger partial charge in [-0.15, -0.1) is 0 Å². The predicted molar refractivity (Wildman–Crippen MR) is 88.1 cm³/mol. The molecule has 21 heavy (non-hydrogen) atoms. The van der Waals surface area contributed by atoms with E-state index in [0.29, 0.717) is 5.92 Å². The van der Waals surface area contributed by atoms with E-state index in [0.717, 1.165) is 25.6 Å². The van der Waals surface area contributed by atoms with Crippen molar-refractivity contribution in [3.63, 3.8) is 0 Å². The van der Waals surface area contributed by atoms with Crippen molar-refractivity contribution in [3.05, 3.63) is 0 Å². The highest BCUT2D eigenvalue weighted by atomic mass is 15.1. The van der Waals surface area contributed by atoms with Gasteiger partial charge in [-0.3, -0.25) is 5.32 Å². The molecule has 120 valence electrons. The number of nitriles is 1. The first kappa shape index (κ1) is 16.8. The Bertz CT molecular complexity index is 343. The van der Waals surface area contributed by atoms with Gasteiger partial charge in [0.25, 0.3) is 0 Å². The molecule has 0 aromatic rings. The van der Waals surface area contributed by atoms with Crippen LogP contribution in [-0.2, 0) is 0 Å². The van der Waals surface area contributed by atoms with Crippen molar-refractivity contribution < 1.29 is 0 Å². The number of hydrogen-bond acceptors (Lipinski definition) is 3. The molecule has 3 nitrogen and oxygen atoms in total. The van der Waals surface area contributed by atoms with E-state index in [9.17, 15) is 5.26 Å². The van der Waals surface area contributed by atoms with E-state index in [1.54, 1.807) is 0 Å². The summed E-state index contributed by atoms with van der Waals surface area (Å²) in [7, 11) is 0. The maximum absolute atomic E-state index is 9.66. The highest BCUT2D eigenvalue weighted by Crippen LogP contribution is 2.38. The van der Waals surface area contributed by atoms with E-state index < -0.39 is 0 Å². The maximum atomic E-state index is 9.66. The summed E-state index contributed by atoms with van der Waals surface area (Å²) in [5, 5.41) is 13.2. The fourth-order valence-corrected chi connectivity index (χ4v) is 4.57. The molecule has 0 spiro atoms. The molecule has 2 unspecified atom stereocenters. The van der Waals surface area contributed by atoms with E-state index in [-0.39, 0.29) is 5.54 Å². The topological polar surface area (TPSA) is 39.1 Å². The summed E-state index contributed by atoms with van der Waals surface area (Å²) in [4.78, 5) is 2.69. The summed E-state index contributed by atoms with van der Waals surface area (Å²) in [6.07, 6.45) is 11.7. The molecule has 2 rings (SSSR count). The Morgan fingerprint density at radius 3 is 2.52 bits per heavy atom. The zero-order valence-corrected chi connectivity index (χ0v) is 14.0. The highest BCUT2D eigenvalue weighted by Gasteiger charge is 2.42. The molecular formula is C18H33N3. The van der Waals surface area contributed by atoms with Gasteiger partial charge in [0.1, 0.15) is 5.54 Å². The van der Waals surface area contributed by atoms with Crippen molar-refractivity contribution in [2.24, 2.45) is 5.92 Å². The Morgan fingerprint density at radius 2 is 1.90 bits per heavy atom. The van der Waals surface area contributed by atoms with Crippen molar-refractivity contribution >= 4 is 0 Å². The van der Waals surface area contributed by atoms with Crippen molar-refractivity contribution in [1.82, 2.24) is 10.2 Å². The van der Waals surface area contributed by atoms with Gasteiger partial charge in [-0.05, 0) is 57.7 Å². The van der Waals surface area contributed by atoms with Crippen LogP contribution in [0.15, 0.2) is 0 Å². The third-order valence-electron chi connectivity index (χ3n) is 5.77. The smallest absolute Gasteiger partial charge is 0.109 e. The minimum absolute atomic E-state index is 0.235. The van der Waals surface area contributed by atoms with E-state index in [4.69, 9.17) is 0 Å². The largest absolute Gasteiger partial charge is 0.301 e. The summed E-state index contributed by atoms with van der Waals surface area (Å²) in [6.45, 7) is 7.67. The molecule has 2 fully saturated rings. The third kappa shape index (κ3) is 3.99. The second-order valence-corrected chi connectivity index (χ2v) is 6.91. The Morgan fingerprint density at radius 1 is 1.14 bits per heavy atom. The molecule has 0 amide bonds. The van der Waals surface area contributed by atoms with Crippen LogP contribution in [0.4, 0.5) is 0 Å². The van der Waals surface area contributed by atoms with Crippen LogP contribution in [0.3, 0.4) is 0 Å². The van der Waals surface area contributed by atoms with Crippen molar-refractivity contribution in [2.75, 3.05) is 19.6 Å². The third-order valence-corrected chi connectivity index (χ3v) is 5.77. The molecule has 2 saturated carbocycles. The first-order chi connectivity index (χ1) is 10.3. The summed E-state index contributed by atoms with van der Waals surface area (Å²) in [5.74, 6) is 0.542. The Labute approximate surface area is 131 Å². The van der Waals surface area contributed by atoms with Crippen LogP contribution in [0.5, 0.6) is 0 Å². The molecule has 0 aromatic carbocycles. The monoisotopic (exact) mass is 291 g/mol. The first-order valence-electron chi connectivity index (χ1n) is 9.16. The fourth-order valence-electron chi connectivity index (χ4n) is 4.57. The van der Waals surface area contributed by atoms with Gasteiger partial charge in [0.2, 0.25) is 0 Å².